The number of nitrogens with zero attached hydrogens (tertiary/aromatic N) is 4. The molecule has 0 aliphatic rings. The van der Waals surface area contributed by atoms with Crippen LogP contribution < -0.4 is 10.6 Å². The largest absolute Gasteiger partial charge is 0.356 e. The normalized spacial score (nSPS) is 11.0. The molecule has 0 atom stereocenters. The van der Waals surface area contributed by atoms with Crippen molar-refractivity contribution < 1.29 is 0 Å². The maximum Gasteiger partial charge on any atom is 0.191 e. The van der Waals surface area contributed by atoms with Crippen molar-refractivity contribution in [2.75, 3.05) is 20.1 Å². The van der Waals surface area contributed by atoms with E-state index < -0.39 is 0 Å². The topological polar surface area (TPSA) is 67.1 Å². The zero-order valence-electron chi connectivity index (χ0n) is 12.2. The number of hydrogen-bond donors (Lipinski definition) is 2. The van der Waals surface area contributed by atoms with E-state index in [4.69, 9.17) is 0 Å². The Balaban J connectivity index is 0.00000220. The Morgan fingerprint density at radius 2 is 2.19 bits per heavy atom. The number of rotatable bonds is 6. The van der Waals surface area contributed by atoms with Crippen LogP contribution in [0.1, 0.15) is 10.7 Å². The van der Waals surface area contributed by atoms with Crippen LogP contribution in [-0.2, 0) is 13.0 Å². The van der Waals surface area contributed by atoms with Crippen LogP contribution in [0, 0.1) is 6.92 Å². The fourth-order valence-electron chi connectivity index (χ4n) is 1.77. The van der Waals surface area contributed by atoms with Crippen LogP contribution >= 0.6 is 35.3 Å². The van der Waals surface area contributed by atoms with Gasteiger partial charge in [-0.15, -0.1) is 35.3 Å². The first-order chi connectivity index (χ1) is 9.78. The van der Waals surface area contributed by atoms with Gasteiger partial charge in [-0.05, 0) is 13.0 Å². The Morgan fingerprint density at radius 1 is 1.38 bits per heavy atom. The monoisotopic (exact) mass is 420 g/mol. The molecule has 2 heterocycles. The van der Waals surface area contributed by atoms with Gasteiger partial charge in [0.15, 0.2) is 5.96 Å². The minimum absolute atomic E-state index is 0. The van der Waals surface area contributed by atoms with E-state index in [9.17, 15) is 0 Å². The Labute approximate surface area is 146 Å². The second kappa shape index (κ2) is 9.72. The zero-order valence-corrected chi connectivity index (χ0v) is 15.4. The van der Waals surface area contributed by atoms with E-state index in [0.717, 1.165) is 42.7 Å². The van der Waals surface area contributed by atoms with E-state index >= 15 is 0 Å². The lowest BCUT2D eigenvalue weighted by molar-refractivity contribution is 0.597. The van der Waals surface area contributed by atoms with Crippen LogP contribution in [-0.4, -0.2) is 40.9 Å². The molecular formula is C13H21IN6S. The van der Waals surface area contributed by atoms with Gasteiger partial charge in [-0.25, -0.2) is 4.98 Å². The molecule has 116 valence electrons. The Bertz CT molecular complexity index is 537. The second-order valence-corrected chi connectivity index (χ2v) is 5.36. The number of guanidine groups is 1. The van der Waals surface area contributed by atoms with E-state index in [2.05, 4.69) is 31.1 Å². The number of aromatic nitrogens is 3. The fraction of sp³-hybridized carbons (Fsp3) is 0.462. The lowest BCUT2D eigenvalue weighted by Crippen LogP contribution is -2.39. The quantitative estimate of drug-likeness (QED) is 0.424. The average molecular weight is 420 g/mol. The predicted octanol–water partition coefficient (Wildman–Crippen LogP) is 1.67. The van der Waals surface area contributed by atoms with E-state index in [1.54, 1.807) is 24.6 Å². The number of hydrogen-bond acceptors (Lipinski definition) is 4. The van der Waals surface area contributed by atoms with Crippen molar-refractivity contribution in [3.8, 4) is 0 Å². The van der Waals surface area contributed by atoms with E-state index in [0.29, 0.717) is 0 Å². The third kappa shape index (κ3) is 6.42. The highest BCUT2D eigenvalue weighted by Gasteiger charge is 2.00. The Morgan fingerprint density at radius 3 is 2.81 bits per heavy atom. The van der Waals surface area contributed by atoms with Gasteiger partial charge in [-0.1, -0.05) is 0 Å². The van der Waals surface area contributed by atoms with Gasteiger partial charge >= 0.3 is 0 Å². The average Bonchev–Trinajstić information content (AvgIpc) is 3.09. The van der Waals surface area contributed by atoms with Crippen LogP contribution in [0.15, 0.2) is 28.8 Å². The molecule has 21 heavy (non-hydrogen) atoms. The summed E-state index contributed by atoms with van der Waals surface area (Å²) in [5, 5.41) is 13.9. The molecule has 0 aliphatic carbocycles. The third-order valence-electron chi connectivity index (χ3n) is 2.76. The van der Waals surface area contributed by atoms with Crippen LogP contribution in [0.4, 0.5) is 0 Å². The van der Waals surface area contributed by atoms with Crippen molar-refractivity contribution >= 4 is 41.3 Å². The van der Waals surface area contributed by atoms with E-state index in [1.807, 2.05) is 23.9 Å². The third-order valence-corrected chi connectivity index (χ3v) is 3.58. The highest BCUT2D eigenvalue weighted by Crippen LogP contribution is 2.07. The van der Waals surface area contributed by atoms with Crippen LogP contribution in [0.25, 0.3) is 0 Å². The standard InChI is InChI=1S/C13H20N6S.HI/c1-11-18-12(10-20-11)4-6-15-13(14-2)16-7-9-19-8-3-5-17-19;/h3,5,8,10H,4,6-7,9H2,1-2H3,(H2,14,15,16);1H. The van der Waals surface area contributed by atoms with Gasteiger partial charge in [0.25, 0.3) is 0 Å². The van der Waals surface area contributed by atoms with Gasteiger partial charge in [0.05, 0.1) is 17.2 Å². The SMILES string of the molecule is CN=C(NCCc1csc(C)n1)NCCn1cccn1.I. The predicted molar refractivity (Wildman–Crippen MR) is 97.6 cm³/mol. The van der Waals surface area contributed by atoms with Crippen molar-refractivity contribution in [3.05, 3.63) is 34.5 Å². The molecule has 0 bridgehead atoms. The first-order valence-corrected chi connectivity index (χ1v) is 7.49. The summed E-state index contributed by atoms with van der Waals surface area (Å²) in [4.78, 5) is 8.63. The van der Waals surface area contributed by atoms with Gasteiger partial charge in [0, 0.05) is 44.3 Å². The van der Waals surface area contributed by atoms with Crippen molar-refractivity contribution in [2.45, 2.75) is 19.9 Å². The molecule has 0 aliphatic heterocycles. The van der Waals surface area contributed by atoms with Gasteiger partial charge < -0.3 is 10.6 Å². The maximum absolute atomic E-state index is 4.44. The molecule has 8 heteroatoms. The lowest BCUT2D eigenvalue weighted by atomic mass is 10.3. The van der Waals surface area contributed by atoms with Crippen LogP contribution in [0.3, 0.4) is 0 Å². The van der Waals surface area contributed by atoms with Crippen molar-refractivity contribution in [2.24, 2.45) is 4.99 Å². The zero-order chi connectivity index (χ0) is 14.2. The summed E-state index contributed by atoms with van der Waals surface area (Å²) in [5.41, 5.74) is 1.13. The van der Waals surface area contributed by atoms with Gasteiger partial charge in [-0.3, -0.25) is 9.67 Å². The van der Waals surface area contributed by atoms with Crippen molar-refractivity contribution in [1.29, 1.82) is 0 Å². The summed E-state index contributed by atoms with van der Waals surface area (Å²) in [6, 6.07) is 1.92. The lowest BCUT2D eigenvalue weighted by Gasteiger charge is -2.11. The van der Waals surface area contributed by atoms with Crippen molar-refractivity contribution in [3.63, 3.8) is 0 Å². The molecule has 2 N–H and O–H groups in total. The molecule has 2 aromatic rings. The maximum atomic E-state index is 4.44. The molecule has 2 rings (SSSR count). The van der Waals surface area contributed by atoms with Crippen molar-refractivity contribution in [1.82, 2.24) is 25.4 Å². The Hall–Kier alpha value is -1.16. The molecule has 0 amide bonds. The number of aryl methyl sites for hydroxylation is 1. The molecule has 2 aromatic heterocycles. The fourth-order valence-corrected chi connectivity index (χ4v) is 2.42. The highest BCUT2D eigenvalue weighted by molar-refractivity contribution is 14.0. The molecule has 0 radical (unpaired) electrons. The van der Waals surface area contributed by atoms with Gasteiger partial charge in [0.1, 0.15) is 0 Å². The smallest absolute Gasteiger partial charge is 0.191 e. The summed E-state index contributed by atoms with van der Waals surface area (Å²) in [5.74, 6) is 0.809. The molecule has 0 saturated carbocycles. The van der Waals surface area contributed by atoms with Crippen LogP contribution in [0.5, 0.6) is 0 Å². The number of nitrogens with one attached hydrogen (secondary N) is 2. The van der Waals surface area contributed by atoms with Gasteiger partial charge in [-0.2, -0.15) is 5.10 Å². The minimum atomic E-state index is 0. The Kier molecular flexibility index (Phi) is 8.28. The number of aliphatic imine (C=N–C) groups is 1. The summed E-state index contributed by atoms with van der Waals surface area (Å²) in [7, 11) is 1.77. The molecule has 0 aromatic carbocycles. The number of halogens is 1. The minimum Gasteiger partial charge on any atom is -0.356 e. The number of thiazole rings is 1. The van der Waals surface area contributed by atoms with Crippen LogP contribution in [0.2, 0.25) is 0 Å². The van der Waals surface area contributed by atoms with Gasteiger partial charge in [0.2, 0.25) is 0 Å². The summed E-state index contributed by atoms with van der Waals surface area (Å²) in [6.45, 7) is 4.46. The molecule has 0 spiro atoms. The first-order valence-electron chi connectivity index (χ1n) is 6.61. The molecule has 6 nitrogen and oxygen atoms in total. The van der Waals surface area contributed by atoms with E-state index in [1.165, 1.54) is 0 Å². The molecule has 0 saturated heterocycles. The molecule has 0 fully saturated rings. The molecular weight excluding hydrogens is 399 g/mol. The summed E-state index contributed by atoms with van der Waals surface area (Å²) < 4.78 is 1.89. The second-order valence-electron chi connectivity index (χ2n) is 4.30. The highest BCUT2D eigenvalue weighted by atomic mass is 127. The van der Waals surface area contributed by atoms with E-state index in [-0.39, 0.29) is 24.0 Å². The summed E-state index contributed by atoms with van der Waals surface area (Å²) in [6.07, 6.45) is 4.63. The summed E-state index contributed by atoms with van der Waals surface area (Å²) >= 11 is 1.69. The first kappa shape index (κ1) is 17.9. The molecule has 0 unspecified atom stereocenters.